The first-order valence-electron chi connectivity index (χ1n) is 10.0. The number of alkyl halides is 3. The van der Waals surface area contributed by atoms with Crippen molar-refractivity contribution < 1.29 is 17.9 Å². The molecule has 0 spiro atoms. The molecule has 0 saturated heterocycles. The summed E-state index contributed by atoms with van der Waals surface area (Å²) in [6, 6.07) is 4.00. The lowest BCUT2D eigenvalue weighted by atomic mass is 10.1. The van der Waals surface area contributed by atoms with Gasteiger partial charge in [0.1, 0.15) is 11.4 Å². The molecule has 0 atom stereocenters. The summed E-state index contributed by atoms with van der Waals surface area (Å²) in [4.78, 5) is 11.3. The zero-order chi connectivity index (χ0) is 21.4. The van der Waals surface area contributed by atoms with Crippen LogP contribution in [0.5, 0.6) is 5.75 Å². The number of hydrogen-bond donors (Lipinski definition) is 2. The fourth-order valence-electron chi connectivity index (χ4n) is 2.99. The standard InChI is InChI=1S/C21H25F3N4OS/c1-2-3-4-5-6-7-10-29-19-9-8-15(11-16(19)21(22,23)24)27-20-28-18(13-30-20)17-12-25-14-26-17/h8-9,11-14H,2-7,10H2,1H3,(H,25,26)(H,27,28). The van der Waals surface area contributed by atoms with Crippen molar-refractivity contribution in [3.63, 3.8) is 0 Å². The molecule has 0 aliphatic carbocycles. The van der Waals surface area contributed by atoms with E-state index < -0.39 is 11.7 Å². The fourth-order valence-corrected chi connectivity index (χ4v) is 3.72. The number of nitrogens with zero attached hydrogens (tertiary/aromatic N) is 2. The third-order valence-corrected chi connectivity index (χ3v) is 5.33. The normalized spacial score (nSPS) is 11.6. The average molecular weight is 439 g/mol. The summed E-state index contributed by atoms with van der Waals surface area (Å²) < 4.78 is 46.1. The first kappa shape index (κ1) is 22.1. The third kappa shape index (κ3) is 6.22. The van der Waals surface area contributed by atoms with Crippen LogP contribution in [0.1, 0.15) is 51.0 Å². The van der Waals surface area contributed by atoms with E-state index in [9.17, 15) is 13.2 Å². The number of ether oxygens (including phenoxy) is 1. The van der Waals surface area contributed by atoms with Crippen LogP contribution in [0.3, 0.4) is 0 Å². The van der Waals surface area contributed by atoms with Gasteiger partial charge in [-0.2, -0.15) is 13.2 Å². The molecule has 0 radical (unpaired) electrons. The second-order valence-corrected chi connectivity index (χ2v) is 7.81. The van der Waals surface area contributed by atoms with Crippen LogP contribution in [0.2, 0.25) is 0 Å². The number of aromatic nitrogens is 3. The lowest BCUT2D eigenvalue weighted by molar-refractivity contribution is -0.138. The van der Waals surface area contributed by atoms with Gasteiger partial charge >= 0.3 is 6.18 Å². The van der Waals surface area contributed by atoms with Crippen molar-refractivity contribution in [3.05, 3.63) is 41.7 Å². The predicted octanol–water partition coefficient (Wildman–Crippen LogP) is 7.03. The number of H-pyrrole nitrogens is 1. The molecule has 0 saturated carbocycles. The van der Waals surface area contributed by atoms with Gasteiger partial charge in [0.2, 0.25) is 0 Å². The van der Waals surface area contributed by atoms with Crippen molar-refractivity contribution in [3.8, 4) is 17.1 Å². The minimum Gasteiger partial charge on any atom is -0.493 e. The molecule has 0 unspecified atom stereocenters. The molecule has 3 rings (SSSR count). The number of imidazole rings is 1. The number of halogens is 3. The maximum atomic E-state index is 13.5. The highest BCUT2D eigenvalue weighted by molar-refractivity contribution is 7.14. The quantitative estimate of drug-likeness (QED) is 0.315. The van der Waals surface area contributed by atoms with Gasteiger partial charge < -0.3 is 15.0 Å². The lowest BCUT2D eigenvalue weighted by Crippen LogP contribution is -2.10. The summed E-state index contributed by atoms with van der Waals surface area (Å²) in [6.07, 6.45) is 4.98. The summed E-state index contributed by atoms with van der Waals surface area (Å²) >= 11 is 1.30. The molecule has 2 aromatic heterocycles. The Labute approximate surface area is 177 Å². The second kappa shape index (κ2) is 10.5. The van der Waals surface area contributed by atoms with Crippen LogP contribution in [0.15, 0.2) is 36.1 Å². The van der Waals surface area contributed by atoms with E-state index >= 15 is 0 Å². The predicted molar refractivity (Wildman–Crippen MR) is 113 cm³/mol. The van der Waals surface area contributed by atoms with E-state index in [1.807, 2.05) is 0 Å². The van der Waals surface area contributed by atoms with Gasteiger partial charge in [-0.25, -0.2) is 9.97 Å². The molecule has 0 bridgehead atoms. The molecular formula is C21H25F3N4OS. The van der Waals surface area contributed by atoms with Crippen molar-refractivity contribution in [2.45, 2.75) is 51.6 Å². The van der Waals surface area contributed by atoms with Crippen molar-refractivity contribution in [1.82, 2.24) is 15.0 Å². The minimum atomic E-state index is -4.50. The van der Waals surface area contributed by atoms with Gasteiger partial charge in [-0.15, -0.1) is 11.3 Å². The average Bonchev–Trinajstić information content (AvgIpc) is 3.39. The summed E-state index contributed by atoms with van der Waals surface area (Å²) in [5.41, 5.74) is 0.937. The van der Waals surface area contributed by atoms with Gasteiger partial charge in [-0.05, 0) is 24.6 Å². The van der Waals surface area contributed by atoms with Crippen LogP contribution < -0.4 is 10.1 Å². The lowest BCUT2D eigenvalue weighted by Gasteiger charge is -2.15. The summed E-state index contributed by atoms with van der Waals surface area (Å²) in [6.45, 7) is 2.43. The second-order valence-electron chi connectivity index (χ2n) is 6.95. The molecule has 1 aromatic carbocycles. The van der Waals surface area contributed by atoms with E-state index in [0.29, 0.717) is 16.5 Å². The number of rotatable bonds is 11. The van der Waals surface area contributed by atoms with Crippen LogP contribution in [0.4, 0.5) is 24.0 Å². The van der Waals surface area contributed by atoms with Crippen molar-refractivity contribution >= 4 is 22.2 Å². The zero-order valence-corrected chi connectivity index (χ0v) is 17.6. The highest BCUT2D eigenvalue weighted by Gasteiger charge is 2.34. The van der Waals surface area contributed by atoms with Crippen molar-refractivity contribution in [2.24, 2.45) is 0 Å². The number of unbranched alkanes of at least 4 members (excludes halogenated alkanes) is 5. The maximum absolute atomic E-state index is 13.5. The molecule has 30 heavy (non-hydrogen) atoms. The number of thiazole rings is 1. The number of aromatic amines is 1. The summed E-state index contributed by atoms with van der Waals surface area (Å²) in [7, 11) is 0. The Morgan fingerprint density at radius 3 is 2.67 bits per heavy atom. The van der Waals surface area contributed by atoms with Crippen molar-refractivity contribution in [1.29, 1.82) is 0 Å². The molecule has 0 aliphatic heterocycles. The van der Waals surface area contributed by atoms with Gasteiger partial charge in [-0.1, -0.05) is 39.0 Å². The molecule has 0 fully saturated rings. The van der Waals surface area contributed by atoms with E-state index in [1.54, 1.807) is 24.0 Å². The topological polar surface area (TPSA) is 62.8 Å². The first-order valence-corrected chi connectivity index (χ1v) is 10.9. The Kier molecular flexibility index (Phi) is 7.73. The SMILES string of the molecule is CCCCCCCCOc1ccc(Nc2nc(-c3cnc[nH]3)cs2)cc1C(F)(F)F. The molecule has 0 aliphatic rings. The van der Waals surface area contributed by atoms with E-state index in [1.165, 1.54) is 23.8 Å². The van der Waals surface area contributed by atoms with E-state index in [2.05, 4.69) is 27.2 Å². The Bertz CT molecular complexity index is 909. The molecule has 5 nitrogen and oxygen atoms in total. The van der Waals surface area contributed by atoms with Crippen LogP contribution >= 0.6 is 11.3 Å². The Morgan fingerprint density at radius 2 is 1.93 bits per heavy atom. The highest BCUT2D eigenvalue weighted by Crippen LogP contribution is 2.39. The largest absolute Gasteiger partial charge is 0.493 e. The molecule has 9 heteroatoms. The number of hydrogen-bond acceptors (Lipinski definition) is 5. The molecule has 0 amide bonds. The molecule has 2 N–H and O–H groups in total. The summed E-state index contributed by atoms with van der Waals surface area (Å²) in [5.74, 6) is -0.140. The van der Waals surface area contributed by atoms with E-state index in [-0.39, 0.29) is 12.4 Å². The monoisotopic (exact) mass is 438 g/mol. The minimum absolute atomic E-state index is 0.140. The molecular weight excluding hydrogens is 413 g/mol. The van der Waals surface area contributed by atoms with Gasteiger partial charge in [0.15, 0.2) is 5.13 Å². The first-order chi connectivity index (χ1) is 14.5. The molecule has 3 aromatic rings. The number of anilines is 2. The Hall–Kier alpha value is -2.55. The third-order valence-electron chi connectivity index (χ3n) is 4.57. The van der Waals surface area contributed by atoms with Crippen LogP contribution in [0, 0.1) is 0 Å². The molecule has 2 heterocycles. The number of benzene rings is 1. The highest BCUT2D eigenvalue weighted by atomic mass is 32.1. The fraction of sp³-hybridized carbons (Fsp3) is 0.429. The zero-order valence-electron chi connectivity index (χ0n) is 16.8. The van der Waals surface area contributed by atoms with Crippen LogP contribution in [0.25, 0.3) is 11.4 Å². The van der Waals surface area contributed by atoms with Crippen molar-refractivity contribution in [2.75, 3.05) is 11.9 Å². The Balaban J connectivity index is 1.63. The summed E-state index contributed by atoms with van der Waals surface area (Å²) in [5, 5.41) is 5.24. The number of nitrogens with one attached hydrogen (secondary N) is 2. The van der Waals surface area contributed by atoms with Crippen LogP contribution in [-0.2, 0) is 6.18 Å². The van der Waals surface area contributed by atoms with E-state index in [0.717, 1.165) is 43.9 Å². The molecule has 162 valence electrons. The van der Waals surface area contributed by atoms with Gasteiger partial charge in [0.05, 0.1) is 30.4 Å². The van der Waals surface area contributed by atoms with E-state index in [4.69, 9.17) is 4.74 Å². The van der Waals surface area contributed by atoms with Crippen LogP contribution in [-0.4, -0.2) is 21.6 Å². The Morgan fingerprint density at radius 1 is 1.13 bits per heavy atom. The van der Waals surface area contributed by atoms with Gasteiger partial charge in [0.25, 0.3) is 0 Å². The van der Waals surface area contributed by atoms with Gasteiger partial charge in [0, 0.05) is 11.1 Å². The smallest absolute Gasteiger partial charge is 0.420 e. The maximum Gasteiger partial charge on any atom is 0.420 e. The van der Waals surface area contributed by atoms with Gasteiger partial charge in [-0.3, -0.25) is 0 Å².